The molecule has 3 aromatic carbocycles. The molecule has 2 nitrogen and oxygen atoms in total. The Morgan fingerprint density at radius 3 is 2.38 bits per heavy atom. The molecule has 0 N–H and O–H groups in total. The minimum absolute atomic E-state index is 0.0139. The van der Waals surface area contributed by atoms with Crippen LogP contribution in [0.3, 0.4) is 0 Å². The van der Waals surface area contributed by atoms with Crippen molar-refractivity contribution in [1.82, 2.24) is 4.57 Å². The molecule has 1 aliphatic rings. The average molecular weight is 382 g/mol. The molecule has 0 bridgehead atoms. The van der Waals surface area contributed by atoms with Gasteiger partial charge in [-0.2, -0.15) is 0 Å². The van der Waals surface area contributed by atoms with Crippen LogP contribution in [0.25, 0.3) is 27.8 Å². The van der Waals surface area contributed by atoms with Crippen LogP contribution >= 0.6 is 0 Å². The lowest BCUT2D eigenvalue weighted by Gasteiger charge is -2.21. The molecule has 4 aromatic rings. The van der Waals surface area contributed by atoms with Gasteiger partial charge in [0.25, 0.3) is 0 Å². The number of ether oxygens (including phenoxy) is 1. The highest BCUT2D eigenvalue weighted by molar-refractivity contribution is 5.99. The maximum atomic E-state index is 5.88. The lowest BCUT2D eigenvalue weighted by molar-refractivity contribution is 0.309. The number of nitrogens with zero attached hydrogens (tertiary/aromatic N) is 1. The van der Waals surface area contributed by atoms with Crippen LogP contribution in [0.2, 0.25) is 0 Å². The SMILES string of the molecule is CCCCOc1ccc(-n2c3c(c4ccccc42)C(C)(C)c2ccccc2-3)cc1. The minimum Gasteiger partial charge on any atom is -0.494 e. The molecule has 1 heterocycles. The number of hydrogen-bond donors (Lipinski definition) is 0. The molecule has 0 radical (unpaired) electrons. The van der Waals surface area contributed by atoms with Crippen LogP contribution in [0.15, 0.2) is 72.8 Å². The Labute approximate surface area is 172 Å². The van der Waals surface area contributed by atoms with E-state index >= 15 is 0 Å². The second kappa shape index (κ2) is 6.81. The van der Waals surface area contributed by atoms with Crippen LogP contribution in [-0.2, 0) is 5.41 Å². The molecule has 0 fully saturated rings. The first-order valence-electron chi connectivity index (χ1n) is 10.6. The number of benzene rings is 3. The Morgan fingerprint density at radius 1 is 0.862 bits per heavy atom. The number of hydrogen-bond acceptors (Lipinski definition) is 1. The molecule has 29 heavy (non-hydrogen) atoms. The summed E-state index contributed by atoms with van der Waals surface area (Å²) in [7, 11) is 0. The van der Waals surface area contributed by atoms with Crippen molar-refractivity contribution in [2.45, 2.75) is 39.0 Å². The maximum absolute atomic E-state index is 5.88. The predicted molar refractivity (Wildman–Crippen MR) is 121 cm³/mol. The third kappa shape index (κ3) is 2.70. The molecular formula is C27H27NO. The van der Waals surface area contributed by atoms with Crippen LogP contribution in [0.1, 0.15) is 44.7 Å². The molecule has 0 saturated heterocycles. The molecule has 0 saturated carbocycles. The summed E-state index contributed by atoms with van der Waals surface area (Å²) in [5.41, 5.74) is 7.93. The maximum Gasteiger partial charge on any atom is 0.119 e. The lowest BCUT2D eigenvalue weighted by atomic mass is 9.81. The third-order valence-electron chi connectivity index (χ3n) is 6.22. The second-order valence-electron chi connectivity index (χ2n) is 8.44. The van der Waals surface area contributed by atoms with E-state index in [1.807, 2.05) is 0 Å². The topological polar surface area (TPSA) is 14.2 Å². The van der Waals surface area contributed by atoms with Gasteiger partial charge >= 0.3 is 0 Å². The quantitative estimate of drug-likeness (QED) is 0.336. The number of fused-ring (bicyclic) bond motifs is 5. The van der Waals surface area contributed by atoms with E-state index in [2.05, 4.69) is 98.1 Å². The monoisotopic (exact) mass is 381 g/mol. The standard InChI is InChI=1S/C27H27NO/c1-4-5-18-29-20-16-14-19(15-17-20)28-24-13-9-7-11-22(24)25-26(28)21-10-6-8-12-23(21)27(25,2)3/h6-17H,4-5,18H2,1-3H3. The van der Waals surface area contributed by atoms with Gasteiger partial charge in [-0.1, -0.05) is 69.7 Å². The Morgan fingerprint density at radius 2 is 1.59 bits per heavy atom. The van der Waals surface area contributed by atoms with Gasteiger partial charge in [0, 0.05) is 22.1 Å². The smallest absolute Gasteiger partial charge is 0.119 e. The average Bonchev–Trinajstić information content (AvgIpc) is 3.21. The fourth-order valence-corrected chi connectivity index (χ4v) is 4.79. The van der Waals surface area contributed by atoms with E-state index in [0.29, 0.717) is 0 Å². The third-order valence-corrected chi connectivity index (χ3v) is 6.22. The zero-order valence-electron chi connectivity index (χ0n) is 17.4. The number of rotatable bonds is 5. The lowest BCUT2D eigenvalue weighted by Crippen LogP contribution is -2.14. The van der Waals surface area contributed by atoms with E-state index in [4.69, 9.17) is 4.74 Å². The number of unbranched alkanes of at least 4 members (excludes halogenated alkanes) is 1. The highest BCUT2D eigenvalue weighted by atomic mass is 16.5. The van der Waals surface area contributed by atoms with E-state index in [1.165, 1.54) is 39.0 Å². The van der Waals surface area contributed by atoms with Crippen LogP contribution < -0.4 is 4.74 Å². The van der Waals surface area contributed by atoms with Crippen molar-refractivity contribution in [3.8, 4) is 22.7 Å². The van der Waals surface area contributed by atoms with Crippen molar-refractivity contribution >= 4 is 10.9 Å². The fourth-order valence-electron chi connectivity index (χ4n) is 4.79. The molecule has 0 amide bonds. The van der Waals surface area contributed by atoms with E-state index < -0.39 is 0 Å². The molecule has 1 aliphatic carbocycles. The van der Waals surface area contributed by atoms with Gasteiger partial charge in [-0.25, -0.2) is 0 Å². The Kier molecular flexibility index (Phi) is 4.24. The Balaban J connectivity index is 1.71. The van der Waals surface area contributed by atoms with Crippen molar-refractivity contribution in [2.24, 2.45) is 0 Å². The summed E-state index contributed by atoms with van der Waals surface area (Å²) in [5, 5.41) is 1.34. The van der Waals surface area contributed by atoms with E-state index in [-0.39, 0.29) is 5.41 Å². The van der Waals surface area contributed by atoms with Crippen molar-refractivity contribution in [1.29, 1.82) is 0 Å². The second-order valence-corrected chi connectivity index (χ2v) is 8.44. The predicted octanol–water partition coefficient (Wildman–Crippen LogP) is 7.12. The van der Waals surface area contributed by atoms with Crippen molar-refractivity contribution in [3.63, 3.8) is 0 Å². The molecule has 1 aromatic heterocycles. The largest absolute Gasteiger partial charge is 0.494 e. The molecule has 0 unspecified atom stereocenters. The summed E-state index contributed by atoms with van der Waals surface area (Å²) in [4.78, 5) is 0. The van der Waals surface area contributed by atoms with E-state index in [1.54, 1.807) is 0 Å². The van der Waals surface area contributed by atoms with Gasteiger partial charge in [-0.3, -0.25) is 0 Å². The summed E-state index contributed by atoms with van der Waals surface area (Å²) in [6, 6.07) is 26.2. The van der Waals surface area contributed by atoms with Crippen molar-refractivity contribution in [3.05, 3.63) is 83.9 Å². The van der Waals surface area contributed by atoms with Crippen molar-refractivity contribution in [2.75, 3.05) is 6.61 Å². The Hall–Kier alpha value is -3.00. The molecule has 0 spiro atoms. The first-order chi connectivity index (χ1) is 14.1. The highest BCUT2D eigenvalue weighted by Gasteiger charge is 2.40. The molecule has 2 heteroatoms. The van der Waals surface area contributed by atoms with Crippen LogP contribution in [0.5, 0.6) is 5.75 Å². The summed E-state index contributed by atoms with van der Waals surface area (Å²) >= 11 is 0. The molecule has 0 atom stereocenters. The van der Waals surface area contributed by atoms with Gasteiger partial charge in [0.2, 0.25) is 0 Å². The summed E-state index contributed by atoms with van der Waals surface area (Å²) in [6.45, 7) is 7.65. The van der Waals surface area contributed by atoms with Crippen LogP contribution in [0, 0.1) is 0 Å². The van der Waals surface area contributed by atoms with Gasteiger partial charge in [0.15, 0.2) is 0 Å². The molecule has 146 valence electrons. The van der Waals surface area contributed by atoms with Gasteiger partial charge in [0.1, 0.15) is 5.75 Å². The van der Waals surface area contributed by atoms with Gasteiger partial charge < -0.3 is 9.30 Å². The van der Waals surface area contributed by atoms with Crippen LogP contribution in [-0.4, -0.2) is 11.2 Å². The Bertz CT molecular complexity index is 1180. The van der Waals surface area contributed by atoms with E-state index in [0.717, 1.165) is 25.2 Å². The zero-order chi connectivity index (χ0) is 20.0. The fraction of sp³-hybridized carbons (Fsp3) is 0.259. The first kappa shape index (κ1) is 18.1. The highest BCUT2D eigenvalue weighted by Crippen LogP contribution is 2.53. The van der Waals surface area contributed by atoms with E-state index in [9.17, 15) is 0 Å². The van der Waals surface area contributed by atoms with Crippen LogP contribution in [0.4, 0.5) is 0 Å². The molecule has 0 aliphatic heterocycles. The zero-order valence-corrected chi connectivity index (χ0v) is 17.4. The summed E-state index contributed by atoms with van der Waals surface area (Å²) < 4.78 is 8.30. The van der Waals surface area contributed by atoms with Crippen molar-refractivity contribution < 1.29 is 4.74 Å². The van der Waals surface area contributed by atoms with Gasteiger partial charge in [-0.05, 0) is 47.9 Å². The van der Waals surface area contributed by atoms with Gasteiger partial charge in [-0.15, -0.1) is 0 Å². The molecule has 5 rings (SSSR count). The summed E-state index contributed by atoms with van der Waals surface area (Å²) in [5.74, 6) is 0.941. The normalized spacial score (nSPS) is 14.0. The molecular weight excluding hydrogens is 354 g/mol. The number of aromatic nitrogens is 1. The van der Waals surface area contributed by atoms with Gasteiger partial charge in [0.05, 0.1) is 17.8 Å². The first-order valence-corrected chi connectivity index (χ1v) is 10.6. The number of para-hydroxylation sites is 1. The summed E-state index contributed by atoms with van der Waals surface area (Å²) in [6.07, 6.45) is 2.23. The minimum atomic E-state index is -0.0139.